The van der Waals surface area contributed by atoms with Crippen molar-refractivity contribution in [1.29, 1.82) is 5.26 Å². The number of nitrogens with one attached hydrogen (secondary N) is 1. The molecule has 0 fully saturated rings. The molecule has 0 atom stereocenters. The van der Waals surface area contributed by atoms with Crippen LogP contribution in [0.4, 0.5) is 0 Å². The van der Waals surface area contributed by atoms with E-state index in [0.29, 0.717) is 18.7 Å². The number of sulfonamides is 1. The number of rotatable bonds is 8. The van der Waals surface area contributed by atoms with E-state index in [1.54, 1.807) is 43.0 Å². The number of hydrogen-bond donors (Lipinski definition) is 1. The van der Waals surface area contributed by atoms with Crippen LogP contribution in [0.5, 0.6) is 0 Å². The van der Waals surface area contributed by atoms with E-state index in [-0.39, 0.29) is 27.4 Å². The summed E-state index contributed by atoms with van der Waals surface area (Å²) < 4.78 is 27.4. The number of halogens is 1. The van der Waals surface area contributed by atoms with Crippen LogP contribution in [0.2, 0.25) is 5.02 Å². The van der Waals surface area contributed by atoms with Crippen molar-refractivity contribution in [3.05, 3.63) is 64.2 Å². The van der Waals surface area contributed by atoms with Crippen LogP contribution in [-0.4, -0.2) is 31.8 Å². The average Bonchev–Trinajstić information content (AvgIpc) is 2.67. The molecule has 0 aliphatic carbocycles. The molecule has 0 saturated heterocycles. The van der Waals surface area contributed by atoms with Crippen molar-refractivity contribution in [2.45, 2.75) is 44.7 Å². The van der Waals surface area contributed by atoms with Gasteiger partial charge in [0.2, 0.25) is 10.0 Å². The van der Waals surface area contributed by atoms with Gasteiger partial charge in [0.15, 0.2) is 0 Å². The Morgan fingerprint density at radius 3 is 2.41 bits per heavy atom. The summed E-state index contributed by atoms with van der Waals surface area (Å²) in [6, 6.07) is 12.9. The van der Waals surface area contributed by atoms with Crippen molar-refractivity contribution in [2.24, 2.45) is 0 Å². The van der Waals surface area contributed by atoms with Gasteiger partial charge in [0, 0.05) is 19.1 Å². The molecule has 8 heteroatoms. The molecule has 0 bridgehead atoms. The Morgan fingerprint density at radius 1 is 1.21 bits per heavy atom. The molecule has 2 aromatic carbocycles. The number of carbonyl (C=O) groups is 1. The van der Waals surface area contributed by atoms with Crippen LogP contribution in [0, 0.1) is 11.3 Å². The monoisotopic (exact) mass is 433 g/mol. The number of benzene rings is 2. The molecule has 0 spiro atoms. The zero-order valence-corrected chi connectivity index (χ0v) is 18.2. The minimum Gasteiger partial charge on any atom is -0.334 e. The Labute approximate surface area is 177 Å². The predicted molar refractivity (Wildman–Crippen MR) is 113 cm³/mol. The topological polar surface area (TPSA) is 90.3 Å². The third kappa shape index (κ3) is 6.04. The standard InChI is InChI=1S/C21H24ClN3O3S/c1-4-11-25(14-17-7-5-16(13-23)6-8-17)21(26)19-12-18(9-10-20(19)22)29(27,28)24-15(2)3/h5-10,12,15,24H,4,11,14H2,1-3H3. The largest absolute Gasteiger partial charge is 0.334 e. The number of hydrogen-bond acceptors (Lipinski definition) is 4. The maximum atomic E-state index is 13.2. The summed E-state index contributed by atoms with van der Waals surface area (Å²) in [5.74, 6) is -0.345. The zero-order valence-electron chi connectivity index (χ0n) is 16.6. The zero-order chi connectivity index (χ0) is 21.6. The average molecular weight is 434 g/mol. The third-order valence-corrected chi connectivity index (χ3v) is 6.09. The normalized spacial score (nSPS) is 11.3. The van der Waals surface area contributed by atoms with E-state index in [1.807, 2.05) is 6.92 Å². The van der Waals surface area contributed by atoms with Crippen molar-refractivity contribution < 1.29 is 13.2 Å². The van der Waals surface area contributed by atoms with Crippen molar-refractivity contribution in [3.8, 4) is 6.07 Å². The summed E-state index contributed by atoms with van der Waals surface area (Å²) in [5.41, 5.74) is 1.55. The smallest absolute Gasteiger partial charge is 0.255 e. The molecule has 29 heavy (non-hydrogen) atoms. The fraction of sp³-hybridized carbons (Fsp3) is 0.333. The first-order valence-corrected chi connectivity index (χ1v) is 11.1. The number of nitrogens with zero attached hydrogens (tertiary/aromatic N) is 2. The second kappa shape index (κ2) is 9.88. The molecule has 0 radical (unpaired) electrons. The van der Waals surface area contributed by atoms with Crippen LogP contribution in [0.1, 0.15) is 48.7 Å². The van der Waals surface area contributed by atoms with Crippen molar-refractivity contribution in [1.82, 2.24) is 9.62 Å². The fourth-order valence-electron chi connectivity index (χ4n) is 2.81. The minimum atomic E-state index is -3.75. The first kappa shape index (κ1) is 22.9. The highest BCUT2D eigenvalue weighted by atomic mass is 35.5. The van der Waals surface area contributed by atoms with Gasteiger partial charge >= 0.3 is 0 Å². The van der Waals surface area contributed by atoms with Gasteiger partial charge in [0.1, 0.15) is 0 Å². The Bertz CT molecular complexity index is 1010. The van der Waals surface area contributed by atoms with E-state index in [4.69, 9.17) is 16.9 Å². The number of nitriles is 1. The van der Waals surface area contributed by atoms with Crippen LogP contribution in [0.15, 0.2) is 47.4 Å². The Hall–Kier alpha value is -2.40. The van der Waals surface area contributed by atoms with Crippen LogP contribution in [0.3, 0.4) is 0 Å². The molecule has 1 N–H and O–H groups in total. The van der Waals surface area contributed by atoms with Gasteiger partial charge in [-0.25, -0.2) is 13.1 Å². The van der Waals surface area contributed by atoms with Crippen molar-refractivity contribution >= 4 is 27.5 Å². The van der Waals surface area contributed by atoms with Gasteiger partial charge in [0.05, 0.1) is 27.1 Å². The summed E-state index contributed by atoms with van der Waals surface area (Å²) in [6.07, 6.45) is 0.729. The third-order valence-electron chi connectivity index (χ3n) is 4.11. The van der Waals surface area contributed by atoms with Gasteiger partial charge in [-0.3, -0.25) is 4.79 Å². The quantitative estimate of drug-likeness (QED) is 0.682. The summed E-state index contributed by atoms with van der Waals surface area (Å²) in [4.78, 5) is 14.8. The lowest BCUT2D eigenvalue weighted by Gasteiger charge is -2.23. The summed E-state index contributed by atoms with van der Waals surface area (Å²) >= 11 is 6.23. The maximum Gasteiger partial charge on any atom is 0.255 e. The molecule has 0 heterocycles. The van der Waals surface area contributed by atoms with E-state index in [1.165, 1.54) is 18.2 Å². The number of amides is 1. The summed E-state index contributed by atoms with van der Waals surface area (Å²) in [5, 5.41) is 9.12. The molecular weight excluding hydrogens is 410 g/mol. The maximum absolute atomic E-state index is 13.2. The lowest BCUT2D eigenvalue weighted by molar-refractivity contribution is 0.0743. The molecule has 0 aromatic heterocycles. The molecule has 1 amide bonds. The van der Waals surface area contributed by atoms with Crippen LogP contribution in [-0.2, 0) is 16.6 Å². The van der Waals surface area contributed by atoms with Gasteiger partial charge in [0.25, 0.3) is 5.91 Å². The minimum absolute atomic E-state index is 0.00577. The van der Waals surface area contributed by atoms with E-state index >= 15 is 0 Å². The fourth-order valence-corrected chi connectivity index (χ4v) is 4.29. The van der Waals surface area contributed by atoms with Crippen LogP contribution >= 0.6 is 11.6 Å². The lowest BCUT2D eigenvalue weighted by Crippen LogP contribution is -2.32. The van der Waals surface area contributed by atoms with Crippen LogP contribution < -0.4 is 4.72 Å². The highest BCUT2D eigenvalue weighted by molar-refractivity contribution is 7.89. The predicted octanol–water partition coefficient (Wildman–Crippen LogP) is 3.95. The van der Waals surface area contributed by atoms with Crippen molar-refractivity contribution in [3.63, 3.8) is 0 Å². The first-order valence-electron chi connectivity index (χ1n) is 9.28. The first-order chi connectivity index (χ1) is 13.7. The lowest BCUT2D eigenvalue weighted by atomic mass is 10.1. The SMILES string of the molecule is CCCN(Cc1ccc(C#N)cc1)C(=O)c1cc(S(=O)(=O)NC(C)C)ccc1Cl. The molecule has 2 aromatic rings. The van der Waals surface area contributed by atoms with Gasteiger partial charge < -0.3 is 4.90 Å². The second-order valence-electron chi connectivity index (χ2n) is 6.95. The molecule has 0 saturated carbocycles. The second-order valence-corrected chi connectivity index (χ2v) is 9.07. The molecule has 2 rings (SSSR count). The molecule has 0 aliphatic heterocycles. The van der Waals surface area contributed by atoms with Gasteiger partial charge in [-0.2, -0.15) is 5.26 Å². The highest BCUT2D eigenvalue weighted by Crippen LogP contribution is 2.23. The van der Waals surface area contributed by atoms with Gasteiger partial charge in [-0.05, 0) is 56.2 Å². The summed E-state index contributed by atoms with van der Waals surface area (Å²) in [6.45, 7) is 6.21. The molecular formula is C21H24ClN3O3S. The van der Waals surface area contributed by atoms with Gasteiger partial charge in [-0.15, -0.1) is 0 Å². The Kier molecular flexibility index (Phi) is 7.80. The number of carbonyl (C=O) groups excluding carboxylic acids is 1. The van der Waals surface area contributed by atoms with E-state index in [2.05, 4.69) is 10.8 Å². The van der Waals surface area contributed by atoms with Crippen LogP contribution in [0.25, 0.3) is 0 Å². The molecule has 0 unspecified atom stereocenters. The van der Waals surface area contributed by atoms with Crippen molar-refractivity contribution in [2.75, 3.05) is 6.54 Å². The Balaban J connectivity index is 2.35. The molecule has 6 nitrogen and oxygen atoms in total. The van der Waals surface area contributed by atoms with E-state index in [9.17, 15) is 13.2 Å². The van der Waals surface area contributed by atoms with Gasteiger partial charge in [-0.1, -0.05) is 30.7 Å². The summed E-state index contributed by atoms with van der Waals surface area (Å²) in [7, 11) is -3.75. The molecule has 154 valence electrons. The van der Waals surface area contributed by atoms with E-state index < -0.39 is 10.0 Å². The highest BCUT2D eigenvalue weighted by Gasteiger charge is 2.22. The molecule has 0 aliphatic rings. The van der Waals surface area contributed by atoms with E-state index in [0.717, 1.165) is 12.0 Å². The Morgan fingerprint density at radius 2 is 1.86 bits per heavy atom.